The van der Waals surface area contributed by atoms with Crippen LogP contribution in [0.15, 0.2) is 30.3 Å². The maximum Gasteiger partial charge on any atom is 0.224 e. The second-order valence-corrected chi connectivity index (χ2v) is 4.58. The second-order valence-electron chi connectivity index (χ2n) is 4.58. The number of nitrogens with zero attached hydrogens (tertiary/aromatic N) is 2. The lowest BCUT2D eigenvalue weighted by Crippen LogP contribution is -2.10. The van der Waals surface area contributed by atoms with Gasteiger partial charge in [0.2, 0.25) is 5.88 Å². The molecule has 0 amide bonds. The van der Waals surface area contributed by atoms with E-state index in [9.17, 15) is 0 Å². The average molecular weight is 288 g/mol. The Bertz CT molecular complexity index is 590. The van der Waals surface area contributed by atoms with E-state index in [4.69, 9.17) is 15.3 Å². The molecule has 0 saturated heterocycles. The summed E-state index contributed by atoms with van der Waals surface area (Å²) in [5.41, 5.74) is 3.57. The molecule has 0 aliphatic heterocycles. The quantitative estimate of drug-likeness (QED) is 0.602. The monoisotopic (exact) mass is 288 g/mol. The van der Waals surface area contributed by atoms with Gasteiger partial charge in [0.15, 0.2) is 0 Å². The van der Waals surface area contributed by atoms with Crippen molar-refractivity contribution in [3.8, 4) is 11.6 Å². The SMILES string of the molecule is CCCc1nc(NN)cc(Oc2cccc(COC)c2)n1. The van der Waals surface area contributed by atoms with Crippen molar-refractivity contribution in [2.75, 3.05) is 12.5 Å². The normalized spacial score (nSPS) is 10.4. The number of nitrogens with two attached hydrogens (primary N) is 1. The largest absolute Gasteiger partial charge is 0.439 e. The van der Waals surface area contributed by atoms with Crippen molar-refractivity contribution >= 4 is 5.82 Å². The molecule has 112 valence electrons. The van der Waals surface area contributed by atoms with Crippen LogP contribution in [-0.4, -0.2) is 17.1 Å². The van der Waals surface area contributed by atoms with Crippen LogP contribution in [0.3, 0.4) is 0 Å². The molecule has 0 bridgehead atoms. The van der Waals surface area contributed by atoms with Crippen LogP contribution in [0.4, 0.5) is 5.82 Å². The van der Waals surface area contributed by atoms with Crippen molar-refractivity contribution in [1.82, 2.24) is 9.97 Å². The van der Waals surface area contributed by atoms with Gasteiger partial charge >= 0.3 is 0 Å². The minimum Gasteiger partial charge on any atom is -0.439 e. The molecule has 2 rings (SSSR count). The number of anilines is 1. The summed E-state index contributed by atoms with van der Waals surface area (Å²) in [7, 11) is 1.66. The predicted octanol–water partition coefficient (Wildman–Crippen LogP) is 2.65. The van der Waals surface area contributed by atoms with E-state index in [1.54, 1.807) is 13.2 Å². The summed E-state index contributed by atoms with van der Waals surface area (Å²) >= 11 is 0. The van der Waals surface area contributed by atoms with E-state index in [0.29, 0.717) is 29.9 Å². The first kappa shape index (κ1) is 15.2. The summed E-state index contributed by atoms with van der Waals surface area (Å²) in [5, 5.41) is 0. The van der Waals surface area contributed by atoms with Crippen LogP contribution in [0.1, 0.15) is 24.7 Å². The second kappa shape index (κ2) is 7.56. The lowest BCUT2D eigenvalue weighted by molar-refractivity contribution is 0.184. The highest BCUT2D eigenvalue weighted by Gasteiger charge is 2.06. The molecule has 6 nitrogen and oxygen atoms in total. The molecule has 0 aliphatic rings. The number of ether oxygens (including phenoxy) is 2. The summed E-state index contributed by atoms with van der Waals surface area (Å²) in [6.07, 6.45) is 1.73. The fraction of sp³-hybridized carbons (Fsp3) is 0.333. The molecule has 0 fully saturated rings. The number of rotatable bonds is 7. The maximum absolute atomic E-state index is 5.79. The van der Waals surface area contributed by atoms with Crippen molar-refractivity contribution in [3.05, 3.63) is 41.7 Å². The fourth-order valence-electron chi connectivity index (χ4n) is 1.92. The Morgan fingerprint density at radius 1 is 1.24 bits per heavy atom. The molecule has 0 atom stereocenters. The predicted molar refractivity (Wildman–Crippen MR) is 81.1 cm³/mol. The van der Waals surface area contributed by atoms with Crippen molar-refractivity contribution in [2.24, 2.45) is 5.84 Å². The third-order valence-electron chi connectivity index (χ3n) is 2.80. The molecular formula is C15H20N4O2. The van der Waals surface area contributed by atoms with Crippen LogP contribution in [0.2, 0.25) is 0 Å². The van der Waals surface area contributed by atoms with Crippen molar-refractivity contribution in [1.29, 1.82) is 0 Å². The van der Waals surface area contributed by atoms with Crippen molar-refractivity contribution < 1.29 is 9.47 Å². The highest BCUT2D eigenvalue weighted by molar-refractivity contribution is 5.39. The number of nitrogens with one attached hydrogen (secondary N) is 1. The Labute approximate surface area is 124 Å². The molecular weight excluding hydrogens is 268 g/mol. The van der Waals surface area contributed by atoms with Gasteiger partial charge in [-0.3, -0.25) is 0 Å². The van der Waals surface area contributed by atoms with Gasteiger partial charge in [0.25, 0.3) is 0 Å². The van der Waals surface area contributed by atoms with Gasteiger partial charge in [-0.1, -0.05) is 19.1 Å². The highest BCUT2D eigenvalue weighted by Crippen LogP contribution is 2.23. The van der Waals surface area contributed by atoms with E-state index in [1.807, 2.05) is 24.3 Å². The molecule has 0 spiro atoms. The van der Waals surface area contributed by atoms with Crippen LogP contribution in [0.25, 0.3) is 0 Å². The minimum atomic E-state index is 0.468. The molecule has 2 aromatic rings. The van der Waals surface area contributed by atoms with E-state index in [-0.39, 0.29) is 0 Å². The molecule has 1 aromatic heterocycles. The smallest absolute Gasteiger partial charge is 0.224 e. The van der Waals surface area contributed by atoms with Gasteiger partial charge in [0, 0.05) is 19.6 Å². The standard InChI is InChI=1S/C15H20N4O2/c1-3-5-13-17-14(19-16)9-15(18-13)21-12-7-4-6-11(8-12)10-20-2/h4,6-9H,3,5,10,16H2,1-2H3,(H,17,18,19). The van der Waals surface area contributed by atoms with Crippen molar-refractivity contribution in [2.45, 2.75) is 26.4 Å². The zero-order valence-corrected chi connectivity index (χ0v) is 12.3. The first-order valence-electron chi connectivity index (χ1n) is 6.85. The highest BCUT2D eigenvalue weighted by atomic mass is 16.5. The van der Waals surface area contributed by atoms with E-state index in [1.165, 1.54) is 0 Å². The molecule has 6 heteroatoms. The topological polar surface area (TPSA) is 82.3 Å². The van der Waals surface area contributed by atoms with Crippen LogP contribution < -0.4 is 16.0 Å². The molecule has 0 radical (unpaired) electrons. The van der Waals surface area contributed by atoms with Gasteiger partial charge in [-0.2, -0.15) is 4.98 Å². The van der Waals surface area contributed by atoms with Crippen LogP contribution in [0, 0.1) is 0 Å². The van der Waals surface area contributed by atoms with Gasteiger partial charge in [-0.05, 0) is 24.1 Å². The average Bonchev–Trinajstić information content (AvgIpc) is 2.48. The molecule has 1 aromatic carbocycles. The summed E-state index contributed by atoms with van der Waals surface area (Å²) in [5.74, 6) is 7.84. The number of methoxy groups -OCH3 is 1. The Morgan fingerprint density at radius 2 is 2.10 bits per heavy atom. The molecule has 3 N–H and O–H groups in total. The number of hydrazine groups is 1. The van der Waals surface area contributed by atoms with E-state index in [2.05, 4.69) is 22.3 Å². The first-order chi connectivity index (χ1) is 10.2. The van der Waals surface area contributed by atoms with Crippen LogP contribution in [0.5, 0.6) is 11.6 Å². The Kier molecular flexibility index (Phi) is 5.48. The van der Waals surface area contributed by atoms with Crippen LogP contribution >= 0.6 is 0 Å². The molecule has 0 unspecified atom stereocenters. The lowest BCUT2D eigenvalue weighted by Gasteiger charge is -2.09. The van der Waals surface area contributed by atoms with Crippen LogP contribution in [-0.2, 0) is 17.8 Å². The first-order valence-corrected chi connectivity index (χ1v) is 6.85. The van der Waals surface area contributed by atoms with Gasteiger partial charge in [0.1, 0.15) is 17.4 Å². The van der Waals surface area contributed by atoms with Gasteiger partial charge in [0.05, 0.1) is 6.61 Å². The van der Waals surface area contributed by atoms with Gasteiger partial charge in [-0.15, -0.1) is 0 Å². The summed E-state index contributed by atoms with van der Waals surface area (Å²) in [4.78, 5) is 8.66. The number of hydrogen-bond acceptors (Lipinski definition) is 6. The number of nitrogen functional groups attached to an aromatic ring is 1. The van der Waals surface area contributed by atoms with E-state index < -0.39 is 0 Å². The van der Waals surface area contributed by atoms with Gasteiger partial charge in [-0.25, -0.2) is 10.8 Å². The zero-order valence-electron chi connectivity index (χ0n) is 12.3. The number of benzene rings is 1. The Hall–Kier alpha value is -2.18. The molecule has 0 aliphatic carbocycles. The number of hydrogen-bond donors (Lipinski definition) is 2. The zero-order chi connectivity index (χ0) is 15.1. The summed E-state index contributed by atoms with van der Waals surface area (Å²) in [6, 6.07) is 9.35. The number of aromatic nitrogens is 2. The summed E-state index contributed by atoms with van der Waals surface area (Å²) < 4.78 is 10.9. The third kappa shape index (κ3) is 4.40. The Morgan fingerprint density at radius 3 is 2.81 bits per heavy atom. The third-order valence-corrected chi connectivity index (χ3v) is 2.80. The van der Waals surface area contributed by atoms with E-state index in [0.717, 1.165) is 18.4 Å². The molecule has 21 heavy (non-hydrogen) atoms. The summed E-state index contributed by atoms with van der Waals surface area (Å²) in [6.45, 7) is 2.61. The minimum absolute atomic E-state index is 0.468. The number of aryl methyl sites for hydroxylation is 1. The molecule has 1 heterocycles. The van der Waals surface area contributed by atoms with Gasteiger partial charge < -0.3 is 14.9 Å². The lowest BCUT2D eigenvalue weighted by atomic mass is 10.2. The fourth-order valence-corrected chi connectivity index (χ4v) is 1.92. The maximum atomic E-state index is 5.79. The van der Waals surface area contributed by atoms with Crippen molar-refractivity contribution in [3.63, 3.8) is 0 Å². The van der Waals surface area contributed by atoms with E-state index >= 15 is 0 Å². The molecule has 0 saturated carbocycles. The Balaban J connectivity index is 2.21.